The second-order valence-corrected chi connectivity index (χ2v) is 4.86. The lowest BCUT2D eigenvalue weighted by Gasteiger charge is -2.15. The van der Waals surface area contributed by atoms with Crippen LogP contribution in [0.15, 0.2) is 30.3 Å². The van der Waals surface area contributed by atoms with E-state index in [1.54, 1.807) is 0 Å². The molecule has 2 rings (SSSR count). The van der Waals surface area contributed by atoms with Crippen molar-refractivity contribution >= 4 is 11.7 Å². The lowest BCUT2D eigenvalue weighted by atomic mass is 10.1. The van der Waals surface area contributed by atoms with Crippen molar-refractivity contribution in [3.8, 4) is 0 Å². The molecular weight excluding hydrogens is 226 g/mol. The van der Waals surface area contributed by atoms with Gasteiger partial charge in [-0.3, -0.25) is 9.59 Å². The smallest absolute Gasteiger partial charge is 0.222 e. The Bertz CT molecular complexity index is 427. The van der Waals surface area contributed by atoms with Gasteiger partial charge in [0.1, 0.15) is 0 Å². The molecule has 1 atom stereocenters. The SMILES string of the molecule is CCC1CC(=O)N(CCC(=O)c2ccccc2)C1. The van der Waals surface area contributed by atoms with Crippen LogP contribution in [-0.4, -0.2) is 29.7 Å². The van der Waals surface area contributed by atoms with Crippen LogP contribution in [0.5, 0.6) is 0 Å². The van der Waals surface area contributed by atoms with Crippen molar-refractivity contribution in [3.05, 3.63) is 35.9 Å². The number of rotatable bonds is 5. The molecule has 1 unspecified atom stereocenters. The van der Waals surface area contributed by atoms with Crippen molar-refractivity contribution in [2.24, 2.45) is 5.92 Å². The molecule has 1 fully saturated rings. The van der Waals surface area contributed by atoms with E-state index in [9.17, 15) is 9.59 Å². The van der Waals surface area contributed by atoms with Gasteiger partial charge in [0.25, 0.3) is 0 Å². The summed E-state index contributed by atoms with van der Waals surface area (Å²) in [5.41, 5.74) is 0.733. The first-order chi connectivity index (χ1) is 8.70. The third-order valence-electron chi connectivity index (χ3n) is 3.58. The topological polar surface area (TPSA) is 37.4 Å². The van der Waals surface area contributed by atoms with Crippen molar-refractivity contribution < 1.29 is 9.59 Å². The fourth-order valence-electron chi connectivity index (χ4n) is 2.35. The normalized spacial score (nSPS) is 19.3. The molecule has 1 aromatic rings. The predicted molar refractivity (Wildman–Crippen MR) is 70.4 cm³/mol. The molecule has 0 aromatic heterocycles. The molecule has 0 spiro atoms. The lowest BCUT2D eigenvalue weighted by molar-refractivity contribution is -0.127. The van der Waals surface area contributed by atoms with Crippen LogP contribution in [0.3, 0.4) is 0 Å². The highest BCUT2D eigenvalue weighted by Gasteiger charge is 2.28. The van der Waals surface area contributed by atoms with Crippen molar-refractivity contribution in [3.63, 3.8) is 0 Å². The zero-order valence-corrected chi connectivity index (χ0v) is 10.8. The molecular formula is C15H19NO2. The van der Waals surface area contributed by atoms with E-state index < -0.39 is 0 Å². The average Bonchev–Trinajstić information content (AvgIpc) is 2.77. The van der Waals surface area contributed by atoms with Crippen molar-refractivity contribution in [2.45, 2.75) is 26.2 Å². The Morgan fingerprint density at radius 3 is 2.67 bits per heavy atom. The first-order valence-electron chi connectivity index (χ1n) is 6.56. The van der Waals surface area contributed by atoms with Gasteiger partial charge in [-0.1, -0.05) is 43.7 Å². The summed E-state index contributed by atoms with van der Waals surface area (Å²) in [6.45, 7) is 3.48. The van der Waals surface area contributed by atoms with E-state index in [4.69, 9.17) is 0 Å². The fraction of sp³-hybridized carbons (Fsp3) is 0.467. The van der Waals surface area contributed by atoms with Crippen LogP contribution in [0.1, 0.15) is 36.5 Å². The highest BCUT2D eigenvalue weighted by Crippen LogP contribution is 2.20. The molecule has 1 aliphatic heterocycles. The molecule has 1 heterocycles. The van der Waals surface area contributed by atoms with Gasteiger partial charge in [0, 0.05) is 31.5 Å². The first-order valence-corrected chi connectivity index (χ1v) is 6.56. The van der Waals surface area contributed by atoms with Gasteiger partial charge in [-0.15, -0.1) is 0 Å². The summed E-state index contributed by atoms with van der Waals surface area (Å²) < 4.78 is 0. The van der Waals surface area contributed by atoms with Crippen LogP contribution < -0.4 is 0 Å². The second-order valence-electron chi connectivity index (χ2n) is 4.86. The largest absolute Gasteiger partial charge is 0.342 e. The number of Topliss-reactive ketones (excluding diaryl/α,β-unsaturated/α-hetero) is 1. The molecule has 1 aromatic carbocycles. The number of benzene rings is 1. The summed E-state index contributed by atoms with van der Waals surface area (Å²) in [5, 5.41) is 0. The summed E-state index contributed by atoms with van der Waals surface area (Å²) in [7, 11) is 0. The van der Waals surface area contributed by atoms with Gasteiger partial charge < -0.3 is 4.90 Å². The van der Waals surface area contributed by atoms with Gasteiger partial charge in [0.05, 0.1) is 0 Å². The van der Waals surface area contributed by atoms with Crippen LogP contribution >= 0.6 is 0 Å². The molecule has 96 valence electrons. The average molecular weight is 245 g/mol. The minimum absolute atomic E-state index is 0.114. The molecule has 0 radical (unpaired) electrons. The van der Waals surface area contributed by atoms with Crippen LogP contribution in [-0.2, 0) is 4.79 Å². The Kier molecular flexibility index (Phi) is 4.13. The molecule has 3 heteroatoms. The number of amides is 1. The summed E-state index contributed by atoms with van der Waals surface area (Å²) >= 11 is 0. The first kappa shape index (κ1) is 12.8. The third-order valence-corrected chi connectivity index (χ3v) is 3.58. The van der Waals surface area contributed by atoms with E-state index in [2.05, 4.69) is 6.92 Å². The third kappa shape index (κ3) is 2.97. The molecule has 1 saturated heterocycles. The maximum atomic E-state index is 11.9. The van der Waals surface area contributed by atoms with Gasteiger partial charge in [0.15, 0.2) is 5.78 Å². The fourth-order valence-corrected chi connectivity index (χ4v) is 2.35. The van der Waals surface area contributed by atoms with Gasteiger partial charge >= 0.3 is 0 Å². The number of carbonyl (C=O) groups is 2. The summed E-state index contributed by atoms with van der Waals surface area (Å²) in [5.74, 6) is 0.787. The van der Waals surface area contributed by atoms with Crippen molar-refractivity contribution in [2.75, 3.05) is 13.1 Å². The van der Waals surface area contributed by atoms with Gasteiger partial charge in [-0.25, -0.2) is 0 Å². The maximum Gasteiger partial charge on any atom is 0.222 e. The van der Waals surface area contributed by atoms with E-state index in [1.807, 2.05) is 35.2 Å². The summed E-state index contributed by atoms with van der Waals surface area (Å²) in [6, 6.07) is 9.27. The number of hydrogen-bond donors (Lipinski definition) is 0. The van der Waals surface area contributed by atoms with E-state index in [0.29, 0.717) is 25.3 Å². The van der Waals surface area contributed by atoms with Crippen LogP contribution in [0, 0.1) is 5.92 Å². The van der Waals surface area contributed by atoms with Crippen LogP contribution in [0.4, 0.5) is 0 Å². The highest BCUT2D eigenvalue weighted by molar-refractivity contribution is 5.96. The molecule has 0 aliphatic carbocycles. The Balaban J connectivity index is 1.85. The Morgan fingerprint density at radius 1 is 1.33 bits per heavy atom. The van der Waals surface area contributed by atoms with E-state index in [-0.39, 0.29) is 11.7 Å². The molecule has 1 aliphatic rings. The molecule has 0 saturated carbocycles. The molecule has 18 heavy (non-hydrogen) atoms. The Morgan fingerprint density at radius 2 is 2.06 bits per heavy atom. The lowest BCUT2D eigenvalue weighted by Crippen LogP contribution is -2.27. The Labute approximate surface area is 108 Å². The number of nitrogens with zero attached hydrogens (tertiary/aromatic N) is 1. The number of carbonyl (C=O) groups excluding carboxylic acids is 2. The van der Waals surface area contributed by atoms with Crippen LogP contribution in [0.2, 0.25) is 0 Å². The van der Waals surface area contributed by atoms with Crippen LogP contribution in [0.25, 0.3) is 0 Å². The Hall–Kier alpha value is -1.64. The van der Waals surface area contributed by atoms with Crippen molar-refractivity contribution in [1.29, 1.82) is 0 Å². The quantitative estimate of drug-likeness (QED) is 0.747. The van der Waals surface area contributed by atoms with Gasteiger partial charge in [-0.2, -0.15) is 0 Å². The zero-order valence-electron chi connectivity index (χ0n) is 10.8. The minimum Gasteiger partial charge on any atom is -0.342 e. The number of hydrogen-bond acceptors (Lipinski definition) is 2. The summed E-state index contributed by atoms with van der Waals surface area (Å²) in [6.07, 6.45) is 2.11. The minimum atomic E-state index is 0.114. The molecule has 3 nitrogen and oxygen atoms in total. The van der Waals surface area contributed by atoms with Gasteiger partial charge in [0.2, 0.25) is 5.91 Å². The summed E-state index contributed by atoms with van der Waals surface area (Å²) in [4.78, 5) is 25.5. The van der Waals surface area contributed by atoms with Gasteiger partial charge in [-0.05, 0) is 5.92 Å². The van der Waals surface area contributed by atoms with Crippen molar-refractivity contribution in [1.82, 2.24) is 4.90 Å². The predicted octanol–water partition coefficient (Wildman–Crippen LogP) is 2.52. The number of ketones is 1. The molecule has 0 bridgehead atoms. The monoisotopic (exact) mass is 245 g/mol. The molecule has 0 N–H and O–H groups in total. The highest BCUT2D eigenvalue weighted by atomic mass is 16.2. The molecule has 1 amide bonds. The maximum absolute atomic E-state index is 11.9. The van der Waals surface area contributed by atoms with E-state index in [1.165, 1.54) is 0 Å². The second kappa shape index (κ2) is 5.80. The van der Waals surface area contributed by atoms with E-state index >= 15 is 0 Å². The van der Waals surface area contributed by atoms with E-state index in [0.717, 1.165) is 18.5 Å². The number of likely N-dealkylation sites (tertiary alicyclic amines) is 1. The zero-order chi connectivity index (χ0) is 13.0. The standard InChI is InChI=1S/C15H19NO2/c1-2-12-10-15(18)16(11-12)9-8-14(17)13-6-4-3-5-7-13/h3-7,12H,2,8-11H2,1H3.